The maximum absolute atomic E-state index is 15.3. The summed E-state index contributed by atoms with van der Waals surface area (Å²) in [5.74, 6) is -0.685. The van der Waals surface area contributed by atoms with Crippen LogP contribution in [-0.4, -0.2) is 79.4 Å². The lowest BCUT2D eigenvalue weighted by Gasteiger charge is -2.39. The third-order valence-corrected chi connectivity index (χ3v) is 14.1. The fourth-order valence-corrected chi connectivity index (χ4v) is 9.88. The fraction of sp³-hybridized carbons (Fsp3) is 0.391. The van der Waals surface area contributed by atoms with Crippen LogP contribution in [0.5, 0.6) is 17.4 Å². The lowest BCUT2D eigenvalue weighted by molar-refractivity contribution is 0.0377. The molecule has 5 aromatic rings. The molecule has 3 heterocycles. The summed E-state index contributed by atoms with van der Waals surface area (Å²) in [5.41, 5.74) is 4.21. The number of aromatic nitrogens is 3. The molecule has 1 saturated heterocycles. The van der Waals surface area contributed by atoms with Gasteiger partial charge in [0.1, 0.15) is 33.7 Å². The molecule has 0 atom stereocenters. The standard InChI is InChI=1S/C46H48Cl2FN7O5S/c1-45(2)15-14-32(37(24-45)31-6-8-33(47)9-7-31)28-55-18-20-56(21-19-55)34-10-11-36(42(22-34)61-41-5-3-4-40-38(41)27-52-53-40)43(57)54-62(58,59)35-23-39(48)44(51-26-35)60-29-46(49)16-12-30(25-50)13-17-46/h3-11,22-23,26-27,30H,12-21,24,28-29H2,1-2H3,(H,52,53)(H,54,57). The van der Waals surface area contributed by atoms with E-state index in [1.54, 1.807) is 36.5 Å². The highest BCUT2D eigenvalue weighted by atomic mass is 35.5. The van der Waals surface area contributed by atoms with Crippen LogP contribution in [0.4, 0.5) is 10.1 Å². The number of piperazine rings is 1. The summed E-state index contributed by atoms with van der Waals surface area (Å²) >= 11 is 12.6. The van der Waals surface area contributed by atoms with Gasteiger partial charge in [0.15, 0.2) is 0 Å². The van der Waals surface area contributed by atoms with E-state index in [9.17, 15) is 13.2 Å². The average Bonchev–Trinajstić information content (AvgIpc) is 3.75. The molecule has 2 fully saturated rings. The van der Waals surface area contributed by atoms with Crippen molar-refractivity contribution in [1.82, 2.24) is 24.8 Å². The normalized spacial score (nSPS) is 20.8. The summed E-state index contributed by atoms with van der Waals surface area (Å²) in [7, 11) is -4.50. The first kappa shape index (κ1) is 43.4. The highest BCUT2D eigenvalue weighted by Crippen LogP contribution is 2.44. The van der Waals surface area contributed by atoms with Crippen molar-refractivity contribution < 1.29 is 27.1 Å². The number of carbonyl (C=O) groups excluding carboxylic acids is 1. The number of anilines is 1. The van der Waals surface area contributed by atoms with Crippen molar-refractivity contribution in [2.45, 2.75) is 69.4 Å². The molecule has 2 aromatic heterocycles. The summed E-state index contributed by atoms with van der Waals surface area (Å²) < 4.78 is 56.7. The number of aromatic amines is 1. The zero-order valence-corrected chi connectivity index (χ0v) is 36.9. The molecule has 0 unspecified atom stereocenters. The quantitative estimate of drug-likeness (QED) is 0.124. The van der Waals surface area contributed by atoms with E-state index >= 15 is 4.39 Å². The minimum atomic E-state index is -4.50. The number of nitriles is 1. The monoisotopic (exact) mass is 899 g/mol. The van der Waals surface area contributed by atoms with E-state index in [4.69, 9.17) is 37.9 Å². The molecule has 2 aliphatic carbocycles. The molecule has 0 spiro atoms. The molecule has 3 aromatic carbocycles. The van der Waals surface area contributed by atoms with E-state index in [0.29, 0.717) is 24.0 Å². The molecule has 1 amide bonds. The number of pyridine rings is 1. The zero-order valence-electron chi connectivity index (χ0n) is 34.6. The number of sulfonamides is 1. The van der Waals surface area contributed by atoms with Gasteiger partial charge >= 0.3 is 0 Å². The van der Waals surface area contributed by atoms with Crippen molar-refractivity contribution >= 4 is 61.3 Å². The molecular formula is C46H48Cl2FN7O5S. The second-order valence-electron chi connectivity index (χ2n) is 17.3. The van der Waals surface area contributed by atoms with Crippen LogP contribution in [0.2, 0.25) is 10.0 Å². The van der Waals surface area contributed by atoms with Crippen LogP contribution in [0.15, 0.2) is 89.6 Å². The van der Waals surface area contributed by atoms with Gasteiger partial charge in [0.05, 0.1) is 34.9 Å². The average molecular weight is 901 g/mol. The van der Waals surface area contributed by atoms with Gasteiger partial charge in [-0.1, -0.05) is 60.8 Å². The maximum Gasteiger partial charge on any atom is 0.268 e. The van der Waals surface area contributed by atoms with Crippen LogP contribution in [0.3, 0.4) is 0 Å². The van der Waals surface area contributed by atoms with E-state index < -0.39 is 21.6 Å². The highest BCUT2D eigenvalue weighted by molar-refractivity contribution is 7.90. The number of ether oxygens (including phenoxy) is 2. The van der Waals surface area contributed by atoms with Crippen LogP contribution < -0.4 is 19.1 Å². The molecule has 16 heteroatoms. The van der Waals surface area contributed by atoms with Crippen molar-refractivity contribution in [3.63, 3.8) is 0 Å². The molecule has 8 rings (SSSR count). The summed E-state index contributed by atoms with van der Waals surface area (Å²) in [6, 6.07) is 21.9. The molecular weight excluding hydrogens is 853 g/mol. The Morgan fingerprint density at radius 3 is 2.48 bits per heavy atom. The van der Waals surface area contributed by atoms with Crippen LogP contribution in [-0.2, 0) is 10.0 Å². The summed E-state index contributed by atoms with van der Waals surface area (Å²) in [4.78, 5) is 22.3. The van der Waals surface area contributed by atoms with Crippen molar-refractivity contribution in [2.24, 2.45) is 11.3 Å². The molecule has 324 valence electrons. The molecule has 1 aliphatic heterocycles. The lowest BCUT2D eigenvalue weighted by Crippen LogP contribution is -2.47. The zero-order chi connectivity index (χ0) is 43.6. The molecule has 62 heavy (non-hydrogen) atoms. The summed E-state index contributed by atoms with van der Waals surface area (Å²) in [5, 5.41) is 17.4. The molecule has 12 nitrogen and oxygen atoms in total. The number of H-pyrrole nitrogens is 1. The number of carbonyl (C=O) groups is 1. The predicted octanol–water partition coefficient (Wildman–Crippen LogP) is 9.76. The first-order chi connectivity index (χ1) is 29.7. The van der Waals surface area contributed by atoms with Gasteiger partial charge in [-0.05, 0) is 104 Å². The predicted molar refractivity (Wildman–Crippen MR) is 238 cm³/mol. The van der Waals surface area contributed by atoms with Gasteiger partial charge in [-0.2, -0.15) is 10.4 Å². The number of benzene rings is 3. The number of amides is 1. The van der Waals surface area contributed by atoms with Gasteiger partial charge in [-0.25, -0.2) is 22.5 Å². The van der Waals surface area contributed by atoms with Crippen molar-refractivity contribution in [2.75, 3.05) is 44.2 Å². The summed E-state index contributed by atoms with van der Waals surface area (Å²) in [6.45, 7) is 8.31. The van der Waals surface area contributed by atoms with Crippen LogP contribution in [0.25, 0.3) is 16.5 Å². The molecule has 2 N–H and O–H groups in total. The second-order valence-corrected chi connectivity index (χ2v) is 19.8. The van der Waals surface area contributed by atoms with Gasteiger partial charge in [0, 0.05) is 55.4 Å². The smallest absolute Gasteiger partial charge is 0.268 e. The topological polar surface area (TPSA) is 154 Å². The third kappa shape index (κ3) is 9.87. The number of allylic oxidation sites excluding steroid dienone is 1. The van der Waals surface area contributed by atoms with E-state index in [1.807, 2.05) is 18.2 Å². The number of hydrogen-bond donors (Lipinski definition) is 2. The number of halogens is 3. The van der Waals surface area contributed by atoms with E-state index in [2.05, 4.69) is 61.8 Å². The summed E-state index contributed by atoms with van der Waals surface area (Å²) in [6.07, 6.45) is 6.98. The van der Waals surface area contributed by atoms with Crippen molar-refractivity contribution in [3.05, 3.63) is 106 Å². The van der Waals surface area contributed by atoms with Crippen LogP contribution in [0, 0.1) is 22.7 Å². The first-order valence-electron chi connectivity index (χ1n) is 20.8. The van der Waals surface area contributed by atoms with E-state index in [1.165, 1.54) is 16.7 Å². The number of nitrogens with one attached hydrogen (secondary N) is 2. The largest absolute Gasteiger partial charge is 0.473 e. The Hall–Kier alpha value is -5.20. The Kier molecular flexibility index (Phi) is 12.5. The lowest BCUT2D eigenvalue weighted by atomic mass is 9.72. The molecule has 3 aliphatic rings. The minimum absolute atomic E-state index is 0.0169. The number of nitrogens with zero attached hydrogens (tertiary/aromatic N) is 5. The van der Waals surface area contributed by atoms with Gasteiger partial charge in [0.2, 0.25) is 5.88 Å². The van der Waals surface area contributed by atoms with Crippen molar-refractivity contribution in [3.8, 4) is 23.4 Å². The Balaban J connectivity index is 0.983. The maximum atomic E-state index is 15.3. The number of fused-ring (bicyclic) bond motifs is 1. The van der Waals surface area contributed by atoms with E-state index in [-0.39, 0.29) is 57.9 Å². The highest BCUT2D eigenvalue weighted by Gasteiger charge is 2.37. The Labute approximate surface area is 371 Å². The van der Waals surface area contributed by atoms with Gasteiger partial charge < -0.3 is 14.4 Å². The molecule has 0 radical (unpaired) electrons. The van der Waals surface area contributed by atoms with Crippen molar-refractivity contribution in [1.29, 1.82) is 5.26 Å². The van der Waals surface area contributed by atoms with Gasteiger partial charge in [-0.3, -0.25) is 14.8 Å². The Morgan fingerprint density at radius 2 is 1.76 bits per heavy atom. The van der Waals surface area contributed by atoms with Crippen LogP contribution >= 0.6 is 23.2 Å². The SMILES string of the molecule is CC1(C)CCC(CN2CCN(c3ccc(C(=O)NS(=O)(=O)c4cnc(OCC5(F)CCC(C#N)CC5)c(Cl)c4)c(Oc4cccc5[nH]ncc45)c3)CC2)=C(c2ccc(Cl)cc2)C1. The Morgan fingerprint density at radius 1 is 1.00 bits per heavy atom. The van der Waals surface area contributed by atoms with Gasteiger partial charge in [-0.15, -0.1) is 0 Å². The fourth-order valence-electron chi connectivity index (χ4n) is 8.53. The number of rotatable bonds is 12. The van der Waals surface area contributed by atoms with E-state index in [0.717, 1.165) is 80.5 Å². The minimum Gasteiger partial charge on any atom is -0.473 e. The number of hydrogen-bond acceptors (Lipinski definition) is 10. The van der Waals surface area contributed by atoms with Crippen LogP contribution in [0.1, 0.15) is 74.7 Å². The third-order valence-electron chi connectivity index (χ3n) is 12.3. The number of alkyl halides is 1. The first-order valence-corrected chi connectivity index (χ1v) is 23.0. The van der Waals surface area contributed by atoms with Gasteiger partial charge in [0.25, 0.3) is 15.9 Å². The second kappa shape index (κ2) is 17.9. The molecule has 1 saturated carbocycles. The molecule has 0 bridgehead atoms. The Bertz CT molecular complexity index is 2650.